The Morgan fingerprint density at radius 2 is 1.89 bits per heavy atom. The van der Waals surface area contributed by atoms with Crippen LogP contribution in [-0.2, 0) is 0 Å². The van der Waals surface area contributed by atoms with E-state index in [4.69, 9.17) is 0 Å². The maximum atomic E-state index is 10.9. The van der Waals surface area contributed by atoms with Gasteiger partial charge in [-0.3, -0.25) is 0 Å². The zero-order valence-corrected chi connectivity index (χ0v) is 12.0. The first-order valence-corrected chi connectivity index (χ1v) is 7.30. The van der Waals surface area contributed by atoms with Crippen molar-refractivity contribution in [1.29, 1.82) is 0 Å². The Morgan fingerprint density at radius 3 is 2.39 bits per heavy atom. The molecule has 0 aliphatic rings. The van der Waals surface area contributed by atoms with Crippen molar-refractivity contribution in [2.45, 2.75) is 0 Å². The third-order valence-electron chi connectivity index (χ3n) is 2.23. The Balaban J connectivity index is 2.68. The van der Waals surface area contributed by atoms with Crippen LogP contribution in [0.15, 0.2) is 33.7 Å². The predicted octanol–water partition coefficient (Wildman–Crippen LogP) is 2.99. The van der Waals surface area contributed by atoms with Crippen molar-refractivity contribution in [3.05, 3.63) is 53.9 Å². The molecule has 0 unspecified atom stereocenters. The summed E-state index contributed by atoms with van der Waals surface area (Å²) in [5.74, 6) is 0. The maximum absolute atomic E-state index is 10.9. The van der Waals surface area contributed by atoms with Crippen LogP contribution in [0.5, 0.6) is 0 Å². The number of hydrogen-bond donors (Lipinski definition) is 0. The molecule has 0 atom stereocenters. The number of nitro benzene ring substituents is 2. The molecule has 0 radical (unpaired) electrons. The number of nitro groups is 2. The molecule has 0 fully saturated rings. The predicted molar refractivity (Wildman–Crippen MR) is 69.8 cm³/mol. The molecule has 0 saturated carbocycles. The first-order valence-electron chi connectivity index (χ1n) is 4.67. The van der Waals surface area contributed by atoms with Crippen molar-refractivity contribution < 1.29 is 9.85 Å². The van der Waals surface area contributed by atoms with Crippen LogP contribution in [0.25, 0.3) is 10.0 Å². The van der Waals surface area contributed by atoms with Crippen molar-refractivity contribution in [1.82, 2.24) is 0 Å². The van der Waals surface area contributed by atoms with Gasteiger partial charge in [0, 0.05) is 0 Å². The molecule has 0 N–H and O–H groups in total. The third-order valence-corrected chi connectivity index (χ3v) is 4.76. The molecule has 0 aliphatic carbocycles. The molecule has 8 heteroatoms. The van der Waals surface area contributed by atoms with Crippen LogP contribution >= 0.6 is 15.9 Å². The topological polar surface area (TPSA) is 86.3 Å². The Morgan fingerprint density at radius 1 is 1.17 bits per heavy atom. The molecule has 0 saturated heterocycles. The third kappa shape index (κ3) is 2.35. The van der Waals surface area contributed by atoms with E-state index in [0.717, 1.165) is 4.44 Å². The number of hydrogen-bond acceptors (Lipinski definition) is 4. The second-order valence-electron chi connectivity index (χ2n) is 3.32. The monoisotopic (exact) mass is 376 g/mol. The van der Waals surface area contributed by atoms with Crippen LogP contribution in [0.3, 0.4) is 0 Å². The van der Waals surface area contributed by atoms with Gasteiger partial charge in [0.2, 0.25) is 0 Å². The van der Waals surface area contributed by atoms with Gasteiger partial charge in [-0.25, -0.2) is 0 Å². The second kappa shape index (κ2) is 5.01. The van der Waals surface area contributed by atoms with Crippen LogP contribution in [-0.4, -0.2) is 24.4 Å². The number of halogens is 1. The standard InChI is InChI=1S/C10H5BrN2O4Se/c11-7-4-6(9-2-1-3-18-9)5-8(12(14)15)10(7)13(16)17/h1-5H. The van der Waals surface area contributed by atoms with E-state index in [1.165, 1.54) is 6.07 Å². The summed E-state index contributed by atoms with van der Waals surface area (Å²) in [6.45, 7) is 0. The van der Waals surface area contributed by atoms with E-state index in [9.17, 15) is 20.2 Å². The Hall–Kier alpha value is -1.50. The molecule has 1 heterocycles. The van der Waals surface area contributed by atoms with Crippen LogP contribution in [0.2, 0.25) is 0 Å². The normalized spacial score (nSPS) is 10.3. The molecule has 6 nitrogen and oxygen atoms in total. The van der Waals surface area contributed by atoms with Crippen LogP contribution in [0.1, 0.15) is 0 Å². The van der Waals surface area contributed by atoms with Crippen molar-refractivity contribution in [2.75, 3.05) is 0 Å². The Labute approximate surface area is 115 Å². The van der Waals surface area contributed by atoms with Crippen LogP contribution < -0.4 is 0 Å². The summed E-state index contributed by atoms with van der Waals surface area (Å²) in [5, 5.41) is 21.7. The first-order chi connectivity index (χ1) is 8.50. The van der Waals surface area contributed by atoms with Gasteiger partial charge in [-0.1, -0.05) is 0 Å². The van der Waals surface area contributed by atoms with Gasteiger partial charge in [-0.15, -0.1) is 0 Å². The Kier molecular flexibility index (Phi) is 3.60. The van der Waals surface area contributed by atoms with Gasteiger partial charge in [0.15, 0.2) is 0 Å². The molecule has 2 rings (SSSR count). The molecule has 1 aromatic heterocycles. The number of nitrogens with zero attached hydrogens (tertiary/aromatic N) is 2. The summed E-state index contributed by atoms with van der Waals surface area (Å²) in [6.07, 6.45) is 0. The number of benzene rings is 1. The summed E-state index contributed by atoms with van der Waals surface area (Å²) in [7, 11) is 0. The van der Waals surface area contributed by atoms with Gasteiger partial charge in [0.25, 0.3) is 0 Å². The minimum absolute atomic E-state index is 0.115. The fraction of sp³-hybridized carbons (Fsp3) is 0. The van der Waals surface area contributed by atoms with Crippen molar-refractivity contribution in [3.8, 4) is 10.0 Å². The molecule has 0 spiro atoms. The van der Waals surface area contributed by atoms with Crippen molar-refractivity contribution in [3.63, 3.8) is 0 Å². The molecule has 2 aromatic rings. The molecular weight excluding hydrogens is 371 g/mol. The van der Waals surface area contributed by atoms with Gasteiger partial charge in [-0.2, -0.15) is 0 Å². The Bertz CT molecular complexity index is 627. The molecule has 1 aromatic carbocycles. The fourth-order valence-corrected chi connectivity index (χ4v) is 3.58. The summed E-state index contributed by atoms with van der Waals surface area (Å²) in [6, 6.07) is 6.53. The SMILES string of the molecule is O=[N+]([O-])c1cc(-c2ccc[se]2)cc(Br)c1[N+](=O)[O-]. The molecule has 18 heavy (non-hydrogen) atoms. The van der Waals surface area contributed by atoms with E-state index in [-0.39, 0.29) is 19.0 Å². The van der Waals surface area contributed by atoms with Crippen LogP contribution in [0.4, 0.5) is 11.4 Å². The molecular formula is C10H5BrN2O4Se. The molecule has 0 amide bonds. The zero-order valence-electron chi connectivity index (χ0n) is 8.70. The summed E-state index contributed by atoms with van der Waals surface area (Å²) in [4.78, 5) is 22.2. The van der Waals surface area contributed by atoms with E-state index in [2.05, 4.69) is 15.9 Å². The minimum atomic E-state index is -0.752. The molecule has 0 aliphatic heterocycles. The molecule has 92 valence electrons. The molecule has 0 bridgehead atoms. The average molecular weight is 376 g/mol. The van der Waals surface area contributed by atoms with Gasteiger partial charge in [0.1, 0.15) is 0 Å². The first kappa shape index (κ1) is 12.9. The zero-order chi connectivity index (χ0) is 13.3. The van der Waals surface area contributed by atoms with Gasteiger partial charge in [0.05, 0.1) is 0 Å². The van der Waals surface area contributed by atoms with E-state index < -0.39 is 21.2 Å². The summed E-state index contributed by atoms with van der Waals surface area (Å²) >= 11 is 3.14. The summed E-state index contributed by atoms with van der Waals surface area (Å²) in [5.41, 5.74) is -0.361. The van der Waals surface area contributed by atoms with E-state index >= 15 is 0 Å². The number of rotatable bonds is 3. The van der Waals surface area contributed by atoms with E-state index in [0.29, 0.717) is 5.56 Å². The van der Waals surface area contributed by atoms with Crippen molar-refractivity contribution in [2.24, 2.45) is 0 Å². The van der Waals surface area contributed by atoms with Crippen LogP contribution in [0, 0.1) is 20.2 Å². The van der Waals surface area contributed by atoms with Gasteiger partial charge in [-0.05, 0) is 0 Å². The quantitative estimate of drug-likeness (QED) is 0.468. The van der Waals surface area contributed by atoms with E-state index in [1.807, 2.05) is 17.1 Å². The van der Waals surface area contributed by atoms with Gasteiger partial charge < -0.3 is 0 Å². The summed E-state index contributed by atoms with van der Waals surface area (Å²) < 4.78 is 1.08. The fourth-order valence-electron chi connectivity index (χ4n) is 1.49. The van der Waals surface area contributed by atoms with E-state index in [1.54, 1.807) is 6.07 Å². The van der Waals surface area contributed by atoms with Gasteiger partial charge >= 0.3 is 116 Å². The second-order valence-corrected chi connectivity index (χ2v) is 6.16. The van der Waals surface area contributed by atoms with Crippen molar-refractivity contribution >= 4 is 41.8 Å². The average Bonchev–Trinajstić information content (AvgIpc) is 2.80.